The first-order valence-corrected chi connectivity index (χ1v) is 11.3. The van der Waals surface area contributed by atoms with E-state index in [-0.39, 0.29) is 5.82 Å². The van der Waals surface area contributed by atoms with Crippen LogP contribution in [-0.2, 0) is 11.5 Å². The maximum Gasteiger partial charge on any atom is 0.196 e. The van der Waals surface area contributed by atoms with Gasteiger partial charge in [0.15, 0.2) is 5.16 Å². The third-order valence-electron chi connectivity index (χ3n) is 4.23. The molecule has 4 rings (SSSR count). The topological polar surface area (TPSA) is 30.7 Å². The highest BCUT2D eigenvalue weighted by Gasteiger charge is 2.16. The van der Waals surface area contributed by atoms with Gasteiger partial charge in [0.05, 0.1) is 5.75 Å². The van der Waals surface area contributed by atoms with Crippen LogP contribution in [-0.4, -0.2) is 14.8 Å². The van der Waals surface area contributed by atoms with Crippen molar-refractivity contribution in [2.75, 3.05) is 0 Å². The Bertz CT molecular complexity index is 1070. The van der Waals surface area contributed by atoms with E-state index in [9.17, 15) is 4.39 Å². The summed E-state index contributed by atoms with van der Waals surface area (Å²) in [6.07, 6.45) is 0. The zero-order chi connectivity index (χ0) is 20.1. The number of hydrogen-bond acceptors (Lipinski definition) is 4. The molecule has 0 spiro atoms. The first-order valence-electron chi connectivity index (χ1n) is 8.95. The smallest absolute Gasteiger partial charge is 0.196 e. The summed E-state index contributed by atoms with van der Waals surface area (Å²) in [7, 11) is 0. The van der Waals surface area contributed by atoms with E-state index < -0.39 is 0 Å². The molecule has 3 aromatic carbocycles. The van der Waals surface area contributed by atoms with Gasteiger partial charge in [-0.2, -0.15) is 0 Å². The lowest BCUT2D eigenvalue weighted by molar-refractivity contribution is 0.617. The molecule has 0 aliphatic rings. The van der Waals surface area contributed by atoms with Crippen LogP contribution < -0.4 is 0 Å². The summed E-state index contributed by atoms with van der Waals surface area (Å²) in [6, 6.07) is 24.9. The summed E-state index contributed by atoms with van der Waals surface area (Å²) in [6.45, 7) is 0. The van der Waals surface area contributed by atoms with Crippen molar-refractivity contribution in [1.82, 2.24) is 14.8 Å². The molecule has 0 N–H and O–H groups in total. The van der Waals surface area contributed by atoms with Crippen LogP contribution >= 0.6 is 35.1 Å². The van der Waals surface area contributed by atoms with Gasteiger partial charge in [0.2, 0.25) is 0 Å². The van der Waals surface area contributed by atoms with Gasteiger partial charge in [-0.3, -0.25) is 4.57 Å². The predicted molar refractivity (Wildman–Crippen MR) is 118 cm³/mol. The molecule has 0 aliphatic carbocycles. The fraction of sp³-hybridized carbons (Fsp3) is 0.0909. The van der Waals surface area contributed by atoms with E-state index in [0.717, 1.165) is 11.5 Å². The van der Waals surface area contributed by atoms with Gasteiger partial charge in [0.25, 0.3) is 0 Å². The van der Waals surface area contributed by atoms with Crippen molar-refractivity contribution in [3.63, 3.8) is 0 Å². The Labute approximate surface area is 182 Å². The second-order valence-electron chi connectivity index (χ2n) is 6.16. The number of hydrogen-bond donors (Lipinski definition) is 0. The summed E-state index contributed by atoms with van der Waals surface area (Å²) < 4.78 is 16.2. The highest BCUT2D eigenvalue weighted by Crippen LogP contribution is 2.31. The van der Waals surface area contributed by atoms with E-state index in [0.29, 0.717) is 27.2 Å². The molecule has 146 valence electrons. The van der Waals surface area contributed by atoms with E-state index >= 15 is 0 Å². The number of para-hydroxylation sites is 1. The van der Waals surface area contributed by atoms with Crippen LogP contribution in [0.4, 0.5) is 4.39 Å². The van der Waals surface area contributed by atoms with Gasteiger partial charge in [-0.25, -0.2) is 4.39 Å². The average molecular weight is 442 g/mol. The molecular formula is C22H17ClFN3S2. The number of benzene rings is 3. The molecule has 0 aliphatic heterocycles. The zero-order valence-corrected chi connectivity index (χ0v) is 17.7. The van der Waals surface area contributed by atoms with Crippen molar-refractivity contribution in [2.45, 2.75) is 21.6 Å². The Morgan fingerprint density at radius 1 is 0.793 bits per heavy atom. The fourth-order valence-corrected chi connectivity index (χ4v) is 4.94. The van der Waals surface area contributed by atoms with E-state index in [4.69, 9.17) is 11.6 Å². The van der Waals surface area contributed by atoms with Crippen molar-refractivity contribution in [1.29, 1.82) is 0 Å². The largest absolute Gasteiger partial charge is 0.273 e. The molecule has 7 heteroatoms. The van der Waals surface area contributed by atoms with Gasteiger partial charge < -0.3 is 0 Å². The number of nitrogens with zero attached hydrogens (tertiary/aromatic N) is 3. The Hall–Kier alpha value is -2.28. The number of aromatic nitrogens is 3. The molecule has 0 bridgehead atoms. The van der Waals surface area contributed by atoms with Crippen molar-refractivity contribution in [3.8, 4) is 5.69 Å². The molecule has 3 nitrogen and oxygen atoms in total. The Kier molecular flexibility index (Phi) is 6.54. The number of thioether (sulfide) groups is 2. The van der Waals surface area contributed by atoms with E-state index in [1.54, 1.807) is 23.9 Å². The van der Waals surface area contributed by atoms with E-state index in [1.807, 2.05) is 53.1 Å². The lowest BCUT2D eigenvalue weighted by Crippen LogP contribution is -2.02. The van der Waals surface area contributed by atoms with Crippen LogP contribution in [0.5, 0.6) is 0 Å². The molecular weight excluding hydrogens is 425 g/mol. The lowest BCUT2D eigenvalue weighted by atomic mass is 10.2. The van der Waals surface area contributed by atoms with Crippen LogP contribution in [0.2, 0.25) is 5.02 Å². The second kappa shape index (κ2) is 9.48. The predicted octanol–water partition coefficient (Wildman–Crippen LogP) is 6.64. The molecule has 0 fully saturated rings. The van der Waals surface area contributed by atoms with Gasteiger partial charge in [-0.1, -0.05) is 65.8 Å². The quantitative estimate of drug-likeness (QED) is 0.300. The molecule has 0 radical (unpaired) electrons. The first-order chi connectivity index (χ1) is 14.2. The Morgan fingerprint density at radius 3 is 2.24 bits per heavy atom. The SMILES string of the molecule is Fc1cccc(Cl)c1CSc1nnc(CSc2ccccc2)n1-c1ccccc1. The maximum atomic E-state index is 14.1. The molecule has 1 heterocycles. The van der Waals surface area contributed by atoms with Crippen LogP contribution in [0.15, 0.2) is 88.9 Å². The van der Waals surface area contributed by atoms with Crippen molar-refractivity contribution < 1.29 is 4.39 Å². The highest BCUT2D eigenvalue weighted by molar-refractivity contribution is 7.98. The fourth-order valence-electron chi connectivity index (χ4n) is 2.80. The van der Waals surface area contributed by atoms with E-state index in [2.05, 4.69) is 22.3 Å². The molecule has 0 saturated heterocycles. The molecule has 0 atom stereocenters. The summed E-state index contributed by atoms with van der Waals surface area (Å²) in [5, 5.41) is 9.91. The third-order valence-corrected chi connectivity index (χ3v) is 6.55. The normalized spacial score (nSPS) is 11.0. The number of halogens is 2. The molecule has 0 saturated carbocycles. The highest BCUT2D eigenvalue weighted by atomic mass is 35.5. The molecule has 0 amide bonds. The Morgan fingerprint density at radius 2 is 1.52 bits per heavy atom. The molecule has 0 unspecified atom stereocenters. The molecule has 29 heavy (non-hydrogen) atoms. The van der Waals surface area contributed by atoms with Crippen LogP contribution in [0.1, 0.15) is 11.4 Å². The van der Waals surface area contributed by atoms with Crippen molar-refractivity contribution in [3.05, 3.63) is 101 Å². The van der Waals surface area contributed by atoms with Crippen LogP contribution in [0.25, 0.3) is 5.69 Å². The zero-order valence-electron chi connectivity index (χ0n) is 15.3. The summed E-state index contributed by atoms with van der Waals surface area (Å²) in [5.41, 5.74) is 1.45. The monoisotopic (exact) mass is 441 g/mol. The van der Waals surface area contributed by atoms with Crippen molar-refractivity contribution in [2.24, 2.45) is 0 Å². The Balaban J connectivity index is 1.61. The molecule has 4 aromatic rings. The van der Waals surface area contributed by atoms with Gasteiger partial charge >= 0.3 is 0 Å². The second-order valence-corrected chi connectivity index (χ2v) is 8.56. The minimum atomic E-state index is -0.310. The van der Waals surface area contributed by atoms with Crippen LogP contribution in [0.3, 0.4) is 0 Å². The minimum Gasteiger partial charge on any atom is -0.273 e. The summed E-state index contributed by atoms with van der Waals surface area (Å²) in [5.74, 6) is 1.58. The minimum absolute atomic E-state index is 0.310. The van der Waals surface area contributed by atoms with Gasteiger partial charge in [-0.05, 0) is 36.4 Å². The van der Waals surface area contributed by atoms with Gasteiger partial charge in [0, 0.05) is 26.9 Å². The number of rotatable bonds is 7. The van der Waals surface area contributed by atoms with Gasteiger partial charge in [0.1, 0.15) is 11.6 Å². The summed E-state index contributed by atoms with van der Waals surface area (Å²) in [4.78, 5) is 1.17. The van der Waals surface area contributed by atoms with E-state index in [1.165, 1.54) is 22.7 Å². The molecule has 1 aromatic heterocycles. The third kappa shape index (κ3) is 4.83. The standard InChI is InChI=1S/C22H17ClFN3S2/c23-19-12-7-13-20(24)18(19)14-29-22-26-25-21(15-28-17-10-5-2-6-11-17)27(22)16-8-3-1-4-9-16/h1-13H,14-15H2. The first kappa shape index (κ1) is 20.0. The summed E-state index contributed by atoms with van der Waals surface area (Å²) >= 11 is 9.30. The average Bonchev–Trinajstić information content (AvgIpc) is 3.16. The van der Waals surface area contributed by atoms with Crippen LogP contribution in [0, 0.1) is 5.82 Å². The van der Waals surface area contributed by atoms with Gasteiger partial charge in [-0.15, -0.1) is 22.0 Å². The maximum absolute atomic E-state index is 14.1. The van der Waals surface area contributed by atoms with Crippen molar-refractivity contribution >= 4 is 35.1 Å². The lowest BCUT2D eigenvalue weighted by Gasteiger charge is -2.11.